The fourth-order valence-corrected chi connectivity index (χ4v) is 8.36. The maximum absolute atomic E-state index is 12.8. The second-order valence-corrected chi connectivity index (χ2v) is 14.3. The lowest BCUT2D eigenvalue weighted by atomic mass is 10.0. The van der Waals surface area contributed by atoms with Crippen molar-refractivity contribution in [3.63, 3.8) is 0 Å². The fraction of sp³-hybridized carbons (Fsp3) is 0.0714. The van der Waals surface area contributed by atoms with Gasteiger partial charge < -0.3 is 15.1 Å². The molecule has 2 heterocycles. The number of para-hydroxylation sites is 3. The predicted molar refractivity (Wildman–Crippen MR) is 202 cm³/mol. The molecule has 48 heavy (non-hydrogen) atoms. The van der Waals surface area contributed by atoms with Crippen molar-refractivity contribution in [2.45, 2.75) is 39.3 Å². The van der Waals surface area contributed by atoms with Gasteiger partial charge in [0.1, 0.15) is 0 Å². The van der Waals surface area contributed by atoms with Gasteiger partial charge in [0.05, 0.1) is 22.7 Å². The third-order valence-corrected chi connectivity index (χ3v) is 10.9. The molecular weight excluding hydrogens is 627 g/mol. The summed E-state index contributed by atoms with van der Waals surface area (Å²) in [6.07, 6.45) is 3.48. The lowest BCUT2D eigenvalue weighted by molar-refractivity contribution is -0.111. The van der Waals surface area contributed by atoms with Crippen LogP contribution in [0, 0.1) is 0 Å². The van der Waals surface area contributed by atoms with Crippen molar-refractivity contribution in [3.05, 3.63) is 157 Å². The summed E-state index contributed by atoms with van der Waals surface area (Å²) in [4.78, 5) is 22.3. The van der Waals surface area contributed by atoms with Crippen LogP contribution in [-0.2, 0) is 4.79 Å². The summed E-state index contributed by atoms with van der Waals surface area (Å²) in [5.41, 5.74) is 9.87. The predicted octanol–water partition coefficient (Wildman–Crippen LogP) is 12.3. The first kappa shape index (κ1) is 30.2. The number of hydrogen-bond donors (Lipinski definition) is 1. The normalized spacial score (nSPS) is 13.1. The Bertz CT molecular complexity index is 2130. The highest BCUT2D eigenvalue weighted by Gasteiger charge is 2.27. The summed E-state index contributed by atoms with van der Waals surface area (Å²) in [7, 11) is 0. The Hall–Kier alpha value is -5.17. The summed E-state index contributed by atoms with van der Waals surface area (Å²) >= 11 is 3.58. The first-order chi connectivity index (χ1) is 23.5. The van der Waals surface area contributed by atoms with E-state index in [9.17, 15) is 4.79 Å². The average Bonchev–Trinajstić information content (AvgIpc) is 3.12. The van der Waals surface area contributed by atoms with E-state index in [1.807, 2.05) is 30.0 Å². The summed E-state index contributed by atoms with van der Waals surface area (Å²) in [6.45, 7) is 4.32. The van der Waals surface area contributed by atoms with E-state index in [0.717, 1.165) is 38.9 Å². The minimum Gasteiger partial charge on any atom is -0.323 e. The number of amides is 1. The molecule has 6 heteroatoms. The standard InChI is InChI=1S/C42H33N3OS2/c1-28(2)30-17-19-31(20-18-30)43-42(46)26-16-29-15-25-37-41(27-29)48-40-14-8-5-11-36(40)45(37)33-23-21-32(22-24-33)44-34-9-3-6-12-38(34)47-39-13-7-4-10-35(39)44/h3-28H,1-2H3,(H,43,46)/b26-16+. The third kappa shape index (κ3) is 5.78. The Morgan fingerprint density at radius 2 is 1.06 bits per heavy atom. The second kappa shape index (κ2) is 12.8. The Morgan fingerprint density at radius 1 is 0.583 bits per heavy atom. The topological polar surface area (TPSA) is 35.6 Å². The van der Waals surface area contributed by atoms with E-state index in [1.54, 1.807) is 17.8 Å². The smallest absolute Gasteiger partial charge is 0.248 e. The van der Waals surface area contributed by atoms with Crippen molar-refractivity contribution in [3.8, 4) is 0 Å². The number of carbonyl (C=O) groups is 1. The van der Waals surface area contributed by atoms with Crippen LogP contribution in [0.1, 0.15) is 30.9 Å². The number of hydrogen-bond acceptors (Lipinski definition) is 5. The molecule has 0 aromatic heterocycles. The first-order valence-electron chi connectivity index (χ1n) is 16.1. The zero-order valence-corrected chi connectivity index (χ0v) is 28.3. The van der Waals surface area contributed by atoms with Crippen molar-refractivity contribution >= 4 is 75.3 Å². The lowest BCUT2D eigenvalue weighted by Crippen LogP contribution is -2.16. The van der Waals surface area contributed by atoms with Crippen molar-refractivity contribution in [1.82, 2.24) is 0 Å². The zero-order valence-electron chi connectivity index (χ0n) is 26.6. The van der Waals surface area contributed by atoms with Gasteiger partial charge in [-0.3, -0.25) is 4.79 Å². The first-order valence-corrected chi connectivity index (χ1v) is 17.7. The molecule has 2 aliphatic heterocycles. The highest BCUT2D eigenvalue weighted by molar-refractivity contribution is 8.00. The molecule has 0 saturated carbocycles. The summed E-state index contributed by atoms with van der Waals surface area (Å²) in [5, 5.41) is 2.98. The molecule has 0 saturated heterocycles. The second-order valence-electron chi connectivity index (χ2n) is 12.1. The maximum Gasteiger partial charge on any atom is 0.248 e. The van der Waals surface area contributed by atoms with Crippen LogP contribution in [0.2, 0.25) is 0 Å². The molecule has 234 valence electrons. The molecule has 2 aliphatic rings. The number of anilines is 7. The molecule has 0 aliphatic carbocycles. The van der Waals surface area contributed by atoms with Gasteiger partial charge in [-0.1, -0.05) is 92.0 Å². The van der Waals surface area contributed by atoms with Crippen LogP contribution in [-0.4, -0.2) is 5.91 Å². The molecule has 0 fully saturated rings. The van der Waals surface area contributed by atoms with E-state index in [2.05, 4.69) is 156 Å². The van der Waals surface area contributed by atoms with Crippen LogP contribution in [0.4, 0.5) is 39.8 Å². The fourth-order valence-electron chi connectivity index (χ4n) is 6.20. The Balaban J connectivity index is 1.08. The van der Waals surface area contributed by atoms with E-state index in [4.69, 9.17) is 0 Å². The molecule has 4 nitrogen and oxygen atoms in total. The Kier molecular flexibility index (Phi) is 8.04. The average molecular weight is 660 g/mol. The molecule has 1 N–H and O–H groups in total. The van der Waals surface area contributed by atoms with E-state index < -0.39 is 0 Å². The van der Waals surface area contributed by atoms with Gasteiger partial charge in [-0.15, -0.1) is 0 Å². The Labute approximate surface area is 290 Å². The van der Waals surface area contributed by atoms with E-state index in [1.165, 1.54) is 31.6 Å². The van der Waals surface area contributed by atoms with Gasteiger partial charge >= 0.3 is 0 Å². The van der Waals surface area contributed by atoms with Crippen molar-refractivity contribution in [2.75, 3.05) is 15.1 Å². The van der Waals surface area contributed by atoms with Crippen LogP contribution in [0.25, 0.3) is 6.08 Å². The van der Waals surface area contributed by atoms with Gasteiger partial charge in [0.2, 0.25) is 5.91 Å². The molecule has 0 bridgehead atoms. The summed E-state index contributed by atoms with van der Waals surface area (Å²) in [5.74, 6) is 0.302. The van der Waals surface area contributed by atoms with Crippen LogP contribution in [0.15, 0.2) is 165 Å². The molecule has 6 aromatic carbocycles. The zero-order chi connectivity index (χ0) is 32.6. The van der Waals surface area contributed by atoms with Gasteiger partial charge in [-0.25, -0.2) is 0 Å². The molecule has 0 radical (unpaired) electrons. The highest BCUT2D eigenvalue weighted by atomic mass is 32.2. The molecular formula is C42H33N3OS2. The number of fused-ring (bicyclic) bond motifs is 4. The SMILES string of the molecule is CC(C)c1ccc(NC(=O)/C=C/c2ccc3c(c2)Sc2ccccc2N3c2ccc(N3c4ccccc4Sc4ccccc43)cc2)cc1. The minimum atomic E-state index is -0.151. The largest absolute Gasteiger partial charge is 0.323 e. The molecule has 1 amide bonds. The minimum absolute atomic E-state index is 0.151. The van der Waals surface area contributed by atoms with Crippen molar-refractivity contribution in [1.29, 1.82) is 0 Å². The van der Waals surface area contributed by atoms with Gasteiger partial charge in [-0.2, -0.15) is 0 Å². The molecule has 0 atom stereocenters. The monoisotopic (exact) mass is 659 g/mol. The van der Waals surface area contributed by atoms with Crippen LogP contribution in [0.5, 0.6) is 0 Å². The molecule has 0 spiro atoms. The highest BCUT2D eigenvalue weighted by Crippen LogP contribution is 2.53. The van der Waals surface area contributed by atoms with Gasteiger partial charge in [0.25, 0.3) is 0 Å². The summed E-state index contributed by atoms with van der Waals surface area (Å²) < 4.78 is 0. The van der Waals surface area contributed by atoms with Gasteiger partial charge in [0, 0.05) is 42.7 Å². The quantitative estimate of drug-likeness (QED) is 0.180. The summed E-state index contributed by atoms with van der Waals surface area (Å²) in [6, 6.07) is 49.0. The van der Waals surface area contributed by atoms with Crippen LogP contribution < -0.4 is 15.1 Å². The number of nitrogens with one attached hydrogen (secondary N) is 1. The Morgan fingerprint density at radius 3 is 1.58 bits per heavy atom. The van der Waals surface area contributed by atoms with E-state index >= 15 is 0 Å². The van der Waals surface area contributed by atoms with Gasteiger partial charge in [-0.05, 0) is 108 Å². The lowest BCUT2D eigenvalue weighted by Gasteiger charge is -2.35. The number of benzene rings is 6. The van der Waals surface area contributed by atoms with E-state index in [0.29, 0.717) is 5.92 Å². The van der Waals surface area contributed by atoms with Crippen LogP contribution >= 0.6 is 23.5 Å². The third-order valence-electron chi connectivity index (χ3n) is 8.62. The number of rotatable bonds is 6. The number of nitrogens with zero attached hydrogens (tertiary/aromatic N) is 2. The maximum atomic E-state index is 12.8. The molecule has 6 aromatic rings. The van der Waals surface area contributed by atoms with Gasteiger partial charge in [0.15, 0.2) is 0 Å². The van der Waals surface area contributed by atoms with Crippen LogP contribution in [0.3, 0.4) is 0 Å². The van der Waals surface area contributed by atoms with Crippen molar-refractivity contribution < 1.29 is 4.79 Å². The van der Waals surface area contributed by atoms with E-state index in [-0.39, 0.29) is 5.91 Å². The number of carbonyl (C=O) groups excluding carboxylic acids is 1. The van der Waals surface area contributed by atoms with Crippen molar-refractivity contribution in [2.24, 2.45) is 0 Å². The molecule has 8 rings (SSSR count). The molecule has 0 unspecified atom stereocenters.